The second-order valence-corrected chi connectivity index (χ2v) is 13.3. The Kier molecular flexibility index (Phi) is 7.03. The Morgan fingerprint density at radius 3 is 2.52 bits per heavy atom. The third kappa shape index (κ3) is 6.37. The van der Waals surface area contributed by atoms with E-state index >= 15 is 0 Å². The van der Waals surface area contributed by atoms with E-state index in [1.165, 1.54) is 11.1 Å². The summed E-state index contributed by atoms with van der Waals surface area (Å²) in [5.41, 5.74) is 2.52. The normalized spacial score (nSPS) is 21.4. The average molecular weight is 363 g/mol. The molecule has 1 aromatic rings. The second-order valence-electron chi connectivity index (χ2n) is 8.44. The van der Waals surface area contributed by atoms with Gasteiger partial charge in [0.25, 0.3) is 0 Å². The van der Waals surface area contributed by atoms with E-state index < -0.39 is 8.32 Å². The first-order valence-corrected chi connectivity index (χ1v) is 12.2. The van der Waals surface area contributed by atoms with Crippen LogP contribution in [-0.2, 0) is 20.5 Å². The summed E-state index contributed by atoms with van der Waals surface area (Å²) >= 11 is 0. The second kappa shape index (κ2) is 8.63. The number of benzene rings is 1. The zero-order valence-electron chi connectivity index (χ0n) is 16.7. The van der Waals surface area contributed by atoms with Gasteiger partial charge in [0.1, 0.15) is 12.2 Å². The molecule has 0 bridgehead atoms. The van der Waals surface area contributed by atoms with Gasteiger partial charge in [-0.3, -0.25) is 0 Å². The predicted molar refractivity (Wildman–Crippen MR) is 106 cm³/mol. The maximum atomic E-state index is 6.25. The van der Waals surface area contributed by atoms with Crippen LogP contribution in [0, 0.1) is 0 Å². The monoisotopic (exact) mass is 362 g/mol. The van der Waals surface area contributed by atoms with E-state index in [2.05, 4.69) is 59.0 Å². The minimum Gasteiger partial charge on any atom is -0.414 e. The highest BCUT2D eigenvalue weighted by atomic mass is 28.4. The molecule has 2 rings (SSSR count). The van der Waals surface area contributed by atoms with Crippen LogP contribution in [0.15, 0.2) is 42.0 Å². The van der Waals surface area contributed by atoms with Gasteiger partial charge >= 0.3 is 0 Å². The van der Waals surface area contributed by atoms with Gasteiger partial charge in [0.05, 0.1) is 19.8 Å². The van der Waals surface area contributed by atoms with Crippen LogP contribution in [0.25, 0.3) is 0 Å². The third-order valence-corrected chi connectivity index (χ3v) is 9.79. The van der Waals surface area contributed by atoms with Crippen molar-refractivity contribution in [2.45, 2.75) is 71.1 Å². The molecule has 0 N–H and O–H groups in total. The average Bonchev–Trinajstić information content (AvgIpc) is 3.32. The molecule has 1 aliphatic heterocycles. The SMILES string of the molecule is C/C(=C\CCOCc1ccccc1)[C@@H]1O[C@H]1CO[Si](C)(C)C(C)(C)C. The van der Waals surface area contributed by atoms with Crippen LogP contribution in [0.1, 0.15) is 39.7 Å². The standard InChI is InChI=1S/C21H34O3Si/c1-17(11-10-14-22-15-18-12-8-7-9-13-18)20-19(24-20)16-23-25(5,6)21(2,3)4/h7-9,11-13,19-20H,10,14-16H2,1-6H3/b17-11+/t19-,20-/m0/s1. The van der Waals surface area contributed by atoms with Crippen molar-refractivity contribution in [3.05, 3.63) is 47.5 Å². The Hall–Kier alpha value is -0.943. The maximum absolute atomic E-state index is 6.25. The molecule has 4 heteroatoms. The van der Waals surface area contributed by atoms with Crippen LogP contribution >= 0.6 is 0 Å². The lowest BCUT2D eigenvalue weighted by Crippen LogP contribution is -2.41. The summed E-state index contributed by atoms with van der Waals surface area (Å²) in [7, 11) is -1.68. The first-order valence-electron chi connectivity index (χ1n) is 9.28. The topological polar surface area (TPSA) is 31.0 Å². The fourth-order valence-corrected chi connectivity index (χ4v) is 3.44. The molecule has 0 aliphatic carbocycles. The maximum Gasteiger partial charge on any atom is 0.192 e. The van der Waals surface area contributed by atoms with E-state index in [9.17, 15) is 0 Å². The molecule has 0 amide bonds. The molecule has 0 saturated carbocycles. The fraction of sp³-hybridized carbons (Fsp3) is 0.619. The zero-order valence-corrected chi connectivity index (χ0v) is 17.7. The number of ether oxygens (including phenoxy) is 2. The van der Waals surface area contributed by atoms with Crippen molar-refractivity contribution in [2.75, 3.05) is 13.2 Å². The molecule has 2 atom stereocenters. The van der Waals surface area contributed by atoms with Crippen molar-refractivity contribution in [1.29, 1.82) is 0 Å². The van der Waals surface area contributed by atoms with Crippen LogP contribution in [0.2, 0.25) is 18.1 Å². The Balaban J connectivity index is 1.63. The molecule has 1 fully saturated rings. The Morgan fingerprint density at radius 1 is 1.20 bits per heavy atom. The molecule has 1 saturated heterocycles. The summed E-state index contributed by atoms with van der Waals surface area (Å²) in [5.74, 6) is 0. The summed E-state index contributed by atoms with van der Waals surface area (Å²) < 4.78 is 17.8. The highest BCUT2D eigenvalue weighted by molar-refractivity contribution is 6.74. The van der Waals surface area contributed by atoms with Crippen molar-refractivity contribution in [2.24, 2.45) is 0 Å². The van der Waals surface area contributed by atoms with Crippen LogP contribution in [0.3, 0.4) is 0 Å². The van der Waals surface area contributed by atoms with Crippen molar-refractivity contribution >= 4 is 8.32 Å². The first kappa shape index (κ1) is 20.4. The molecule has 0 radical (unpaired) electrons. The highest BCUT2D eigenvalue weighted by Crippen LogP contribution is 2.38. The Bertz CT molecular complexity index is 560. The van der Waals surface area contributed by atoms with Crippen LogP contribution in [0.5, 0.6) is 0 Å². The number of hydrogen-bond donors (Lipinski definition) is 0. The molecule has 0 spiro atoms. The molecule has 0 aromatic heterocycles. The van der Waals surface area contributed by atoms with E-state index in [4.69, 9.17) is 13.9 Å². The minimum absolute atomic E-state index is 0.232. The van der Waals surface area contributed by atoms with E-state index in [0.29, 0.717) is 6.61 Å². The number of rotatable bonds is 9. The molecule has 25 heavy (non-hydrogen) atoms. The summed E-state index contributed by atoms with van der Waals surface area (Å²) in [6.45, 7) is 15.7. The molecule has 1 heterocycles. The van der Waals surface area contributed by atoms with E-state index in [-0.39, 0.29) is 17.2 Å². The van der Waals surface area contributed by atoms with Crippen LogP contribution < -0.4 is 0 Å². The molecule has 0 unspecified atom stereocenters. The number of epoxide rings is 1. The molecule has 3 nitrogen and oxygen atoms in total. The van der Waals surface area contributed by atoms with Gasteiger partial charge in [0.15, 0.2) is 8.32 Å². The largest absolute Gasteiger partial charge is 0.414 e. The van der Waals surface area contributed by atoms with Gasteiger partial charge in [-0.25, -0.2) is 0 Å². The Labute approximate surface area is 154 Å². The lowest BCUT2D eigenvalue weighted by atomic mass is 10.1. The smallest absolute Gasteiger partial charge is 0.192 e. The van der Waals surface area contributed by atoms with Crippen molar-refractivity contribution in [3.63, 3.8) is 0 Å². The third-order valence-electron chi connectivity index (χ3n) is 5.29. The van der Waals surface area contributed by atoms with Crippen LogP contribution in [0.4, 0.5) is 0 Å². The molecular formula is C21H34O3Si. The van der Waals surface area contributed by atoms with Gasteiger partial charge in [-0.2, -0.15) is 0 Å². The lowest BCUT2D eigenvalue weighted by Gasteiger charge is -2.36. The lowest BCUT2D eigenvalue weighted by molar-refractivity contribution is 0.125. The molecule has 1 aliphatic rings. The van der Waals surface area contributed by atoms with Crippen molar-refractivity contribution < 1.29 is 13.9 Å². The molecular weight excluding hydrogens is 328 g/mol. The highest BCUT2D eigenvalue weighted by Gasteiger charge is 2.44. The van der Waals surface area contributed by atoms with Crippen LogP contribution in [-0.4, -0.2) is 33.7 Å². The van der Waals surface area contributed by atoms with Gasteiger partial charge < -0.3 is 13.9 Å². The van der Waals surface area contributed by atoms with Gasteiger partial charge in [-0.1, -0.05) is 57.2 Å². The van der Waals surface area contributed by atoms with Gasteiger partial charge in [-0.15, -0.1) is 0 Å². The summed E-state index contributed by atoms with van der Waals surface area (Å²) in [5, 5.41) is 0.248. The Morgan fingerprint density at radius 2 is 1.88 bits per heavy atom. The van der Waals surface area contributed by atoms with E-state index in [0.717, 1.165) is 19.6 Å². The van der Waals surface area contributed by atoms with E-state index in [1.807, 2.05) is 18.2 Å². The van der Waals surface area contributed by atoms with Crippen molar-refractivity contribution in [3.8, 4) is 0 Å². The molecule has 1 aromatic carbocycles. The fourth-order valence-electron chi connectivity index (χ4n) is 2.43. The summed E-state index contributed by atoms with van der Waals surface area (Å²) in [6.07, 6.45) is 3.63. The summed E-state index contributed by atoms with van der Waals surface area (Å²) in [4.78, 5) is 0. The quantitative estimate of drug-likeness (QED) is 0.257. The summed E-state index contributed by atoms with van der Waals surface area (Å²) in [6, 6.07) is 10.3. The zero-order chi connectivity index (χ0) is 18.5. The molecule has 140 valence electrons. The van der Waals surface area contributed by atoms with Gasteiger partial charge in [0, 0.05) is 0 Å². The van der Waals surface area contributed by atoms with Gasteiger partial charge in [0.2, 0.25) is 0 Å². The van der Waals surface area contributed by atoms with E-state index in [1.54, 1.807) is 0 Å². The predicted octanol–water partition coefficient (Wildman–Crippen LogP) is 5.33. The van der Waals surface area contributed by atoms with Crippen molar-refractivity contribution in [1.82, 2.24) is 0 Å². The number of hydrogen-bond acceptors (Lipinski definition) is 3. The minimum atomic E-state index is -1.68. The van der Waals surface area contributed by atoms with Gasteiger partial charge in [-0.05, 0) is 42.6 Å². The first-order chi connectivity index (χ1) is 11.7.